The summed E-state index contributed by atoms with van der Waals surface area (Å²) in [5.41, 5.74) is 0.0287. The lowest BCUT2D eigenvalue weighted by Gasteiger charge is -1.80. The molecule has 0 saturated heterocycles. The molecule has 1 aromatic rings. The maximum atomic E-state index is 8.44. The van der Waals surface area contributed by atoms with Crippen LogP contribution in [0.4, 0.5) is 0 Å². The second kappa shape index (κ2) is 2.13. The summed E-state index contributed by atoms with van der Waals surface area (Å²) < 4.78 is 21.5. The Morgan fingerprint density at radius 2 is 2.12 bits per heavy atom. The lowest BCUT2D eigenvalue weighted by Crippen LogP contribution is -1.66. The summed E-state index contributed by atoms with van der Waals surface area (Å²) in [6, 6.07) is 4.22. The molecule has 0 atom stereocenters. The molecular weight excluding hydrogens is 98.1 g/mol. The van der Waals surface area contributed by atoms with Gasteiger partial charge in [-0.3, -0.25) is 0 Å². The molecule has 1 aromatic carbocycles. The van der Waals surface area contributed by atoms with E-state index in [4.69, 9.17) is 9.37 Å². The molecule has 0 fully saturated rings. The summed E-state index contributed by atoms with van der Waals surface area (Å²) in [4.78, 5) is 0. The first kappa shape index (κ1) is 2.32. The van der Waals surface area contributed by atoms with Crippen molar-refractivity contribution in [3.05, 3.63) is 35.8 Å². The van der Waals surface area contributed by atoms with Gasteiger partial charge in [-0.25, -0.2) is 0 Å². The van der Waals surface area contributed by atoms with Crippen LogP contribution in [0.25, 0.3) is 0 Å². The zero-order chi connectivity index (χ0) is 8.43. The predicted molar refractivity (Wildman–Crippen MR) is 31.2 cm³/mol. The molecule has 1 nitrogen and oxygen atoms in total. The van der Waals surface area contributed by atoms with Gasteiger partial charge in [-0.15, -0.1) is 0 Å². The third kappa shape index (κ3) is 0.855. The molecule has 0 bridgehead atoms. The largest absolute Gasteiger partial charge is 0.192 e. The van der Waals surface area contributed by atoms with E-state index in [1.807, 2.05) is 0 Å². The Hall–Kier alpha value is -1.29. The van der Waals surface area contributed by atoms with E-state index in [0.29, 0.717) is 0 Å². The molecule has 0 saturated carbocycles. The summed E-state index contributed by atoms with van der Waals surface area (Å²) in [5, 5.41) is 8.44. The van der Waals surface area contributed by atoms with Crippen molar-refractivity contribution in [3.8, 4) is 6.07 Å². The van der Waals surface area contributed by atoms with Crippen LogP contribution in [0, 0.1) is 11.3 Å². The van der Waals surface area contributed by atoms with Crippen LogP contribution >= 0.6 is 0 Å². The molecular formula is C7H5N. The zero-order valence-electron chi connectivity index (χ0n) is 7.10. The standard InChI is InChI=1S/C7H5N/c8-6-7-4-2-1-3-5-7/h1-5H/i1D,4D,5D. The van der Waals surface area contributed by atoms with Crippen molar-refractivity contribution in [2.24, 2.45) is 0 Å². The van der Waals surface area contributed by atoms with Gasteiger partial charge >= 0.3 is 0 Å². The first-order valence-electron chi connectivity index (χ1n) is 3.63. The molecule has 0 heterocycles. The highest BCUT2D eigenvalue weighted by Crippen LogP contribution is 1.92. The van der Waals surface area contributed by atoms with Gasteiger partial charge in [0.25, 0.3) is 0 Å². The van der Waals surface area contributed by atoms with E-state index in [-0.39, 0.29) is 23.7 Å². The molecule has 0 unspecified atom stereocenters. The summed E-state index contributed by atoms with van der Waals surface area (Å²) >= 11 is 0. The Balaban J connectivity index is 3.40. The van der Waals surface area contributed by atoms with Gasteiger partial charge in [0, 0.05) is 0 Å². The molecule has 1 heteroatoms. The SMILES string of the molecule is [2H]c1cc([2H])c(C#N)c([2H])c1. The Morgan fingerprint density at radius 3 is 2.62 bits per heavy atom. The molecule has 8 heavy (non-hydrogen) atoms. The number of hydrogen-bond donors (Lipinski definition) is 0. The van der Waals surface area contributed by atoms with E-state index in [1.165, 1.54) is 12.1 Å². The van der Waals surface area contributed by atoms with Crippen molar-refractivity contribution in [1.29, 1.82) is 5.26 Å². The van der Waals surface area contributed by atoms with Crippen LogP contribution in [-0.4, -0.2) is 0 Å². The fourth-order valence-corrected chi connectivity index (χ4v) is 0.376. The van der Waals surface area contributed by atoms with E-state index in [0.717, 1.165) is 0 Å². The van der Waals surface area contributed by atoms with Gasteiger partial charge in [-0.1, -0.05) is 18.2 Å². The second-order valence-electron chi connectivity index (χ2n) is 1.23. The molecule has 0 aliphatic carbocycles. The van der Waals surface area contributed by atoms with Gasteiger partial charge < -0.3 is 0 Å². The Bertz CT molecular complexity index is 304. The predicted octanol–water partition coefficient (Wildman–Crippen LogP) is 1.56. The molecule has 1 rings (SSSR count). The van der Waals surface area contributed by atoms with Crippen LogP contribution in [0.2, 0.25) is 0 Å². The van der Waals surface area contributed by atoms with E-state index < -0.39 is 0 Å². The Morgan fingerprint density at radius 1 is 1.50 bits per heavy atom. The normalized spacial score (nSPS) is 13.1. The van der Waals surface area contributed by atoms with Crippen LogP contribution in [0.1, 0.15) is 9.68 Å². The lowest BCUT2D eigenvalue weighted by molar-refractivity contribution is 1.49. The van der Waals surface area contributed by atoms with Gasteiger partial charge in [0.2, 0.25) is 0 Å². The van der Waals surface area contributed by atoms with Crippen LogP contribution in [0.5, 0.6) is 0 Å². The van der Waals surface area contributed by atoms with Crippen molar-refractivity contribution in [3.63, 3.8) is 0 Å². The molecule has 0 radical (unpaired) electrons. The number of benzene rings is 1. The van der Waals surface area contributed by atoms with Gasteiger partial charge in [0.15, 0.2) is 0 Å². The van der Waals surface area contributed by atoms with Gasteiger partial charge in [-0.05, 0) is 12.1 Å². The van der Waals surface area contributed by atoms with Gasteiger partial charge in [0.05, 0.1) is 15.7 Å². The van der Waals surface area contributed by atoms with Crippen molar-refractivity contribution >= 4 is 0 Å². The van der Waals surface area contributed by atoms with Crippen LogP contribution < -0.4 is 0 Å². The van der Waals surface area contributed by atoms with Gasteiger partial charge in [0.1, 0.15) is 0 Å². The number of rotatable bonds is 0. The molecule has 0 amide bonds. The van der Waals surface area contributed by atoms with Crippen molar-refractivity contribution < 1.29 is 4.11 Å². The van der Waals surface area contributed by atoms with E-state index in [2.05, 4.69) is 0 Å². The number of nitrogens with zero attached hydrogens (tertiary/aromatic N) is 1. The van der Waals surface area contributed by atoms with E-state index in [1.54, 1.807) is 6.07 Å². The summed E-state index contributed by atoms with van der Waals surface area (Å²) in [7, 11) is 0. The van der Waals surface area contributed by atoms with E-state index >= 15 is 0 Å². The van der Waals surface area contributed by atoms with Crippen molar-refractivity contribution in [2.75, 3.05) is 0 Å². The first-order chi connectivity index (χ1) is 5.15. The summed E-state index contributed by atoms with van der Waals surface area (Å²) in [6.45, 7) is 0. The minimum atomic E-state index is -0.0509. The second-order valence-corrected chi connectivity index (χ2v) is 1.23. The molecule has 0 aliphatic heterocycles. The Kier molecular flexibility index (Phi) is 0.618. The fourth-order valence-electron chi connectivity index (χ4n) is 0.376. The number of hydrogen-bond acceptors (Lipinski definition) is 1. The molecule has 0 aromatic heterocycles. The highest BCUT2D eigenvalue weighted by molar-refractivity contribution is 5.27. The van der Waals surface area contributed by atoms with Crippen molar-refractivity contribution in [2.45, 2.75) is 0 Å². The minimum Gasteiger partial charge on any atom is -0.192 e. The fraction of sp³-hybridized carbons (Fsp3) is 0. The van der Waals surface area contributed by atoms with Crippen molar-refractivity contribution in [1.82, 2.24) is 0 Å². The third-order valence-electron chi connectivity index (χ3n) is 0.711. The lowest BCUT2D eigenvalue weighted by atomic mass is 10.2. The highest BCUT2D eigenvalue weighted by atomic mass is 14.2. The molecule has 0 N–H and O–H groups in total. The first-order valence-corrected chi connectivity index (χ1v) is 2.13. The quantitative estimate of drug-likeness (QED) is 0.492. The van der Waals surface area contributed by atoms with Crippen LogP contribution in [0.15, 0.2) is 30.3 Å². The van der Waals surface area contributed by atoms with Crippen LogP contribution in [0.3, 0.4) is 0 Å². The molecule has 0 aliphatic rings. The van der Waals surface area contributed by atoms with E-state index in [9.17, 15) is 0 Å². The maximum absolute atomic E-state index is 8.44. The summed E-state index contributed by atoms with van der Waals surface area (Å²) in [5.74, 6) is 0. The highest BCUT2D eigenvalue weighted by Gasteiger charge is 1.79. The Labute approximate surface area is 52.4 Å². The maximum Gasteiger partial charge on any atom is 0.0991 e. The molecule has 0 spiro atoms. The molecule has 38 valence electrons. The summed E-state index contributed by atoms with van der Waals surface area (Å²) in [6.07, 6.45) is 0. The minimum absolute atomic E-state index is 0.0287. The average molecular weight is 106 g/mol. The topological polar surface area (TPSA) is 23.8 Å². The van der Waals surface area contributed by atoms with Crippen LogP contribution in [-0.2, 0) is 0 Å². The smallest absolute Gasteiger partial charge is 0.0991 e. The van der Waals surface area contributed by atoms with Gasteiger partial charge in [-0.2, -0.15) is 5.26 Å². The third-order valence-corrected chi connectivity index (χ3v) is 0.711. The number of nitriles is 1. The average Bonchev–Trinajstić information content (AvgIpc) is 1.85. The monoisotopic (exact) mass is 106 g/mol. The zero-order valence-corrected chi connectivity index (χ0v) is 4.10.